The van der Waals surface area contributed by atoms with Crippen molar-refractivity contribution in [1.29, 1.82) is 0 Å². The maximum atomic E-state index is 12.3. The Labute approximate surface area is 173 Å². The summed E-state index contributed by atoms with van der Waals surface area (Å²) in [7, 11) is -0.580. The lowest BCUT2D eigenvalue weighted by Crippen LogP contribution is -2.41. The maximum absolute atomic E-state index is 12.3. The molecule has 0 saturated carbocycles. The molecule has 148 valence electrons. The highest BCUT2D eigenvalue weighted by Crippen LogP contribution is 2.38. The second kappa shape index (κ2) is 6.80. The topological polar surface area (TPSA) is 69.9 Å². The number of nitrogens with zero attached hydrogens (tertiary/aromatic N) is 2. The molecule has 29 heavy (non-hydrogen) atoms. The van der Waals surface area contributed by atoms with Crippen molar-refractivity contribution < 1.29 is 14.1 Å². The Kier molecular flexibility index (Phi) is 4.65. The molecule has 3 aromatic rings. The van der Waals surface area contributed by atoms with Crippen molar-refractivity contribution in [3.63, 3.8) is 0 Å². The van der Waals surface area contributed by atoms with E-state index in [9.17, 15) is 9.59 Å². The van der Waals surface area contributed by atoms with Gasteiger partial charge in [-0.2, -0.15) is 0 Å². The Hall–Kier alpha value is -2.48. The highest BCUT2D eigenvalue weighted by molar-refractivity contribution is 6.66. The Morgan fingerprint density at radius 2 is 1.83 bits per heavy atom. The van der Waals surface area contributed by atoms with Gasteiger partial charge in [0.15, 0.2) is 6.29 Å². The van der Waals surface area contributed by atoms with E-state index < -0.39 is 23.9 Å². The molecule has 1 saturated heterocycles. The molecule has 4 rings (SSSR count). The average molecular weight is 411 g/mol. The third kappa shape index (κ3) is 3.19. The number of carbonyl (C=O) groups is 1. The minimum atomic E-state index is -0.580. The number of benzene rings is 1. The number of halogens is 1. The third-order valence-electron chi connectivity index (χ3n) is 5.71. The Morgan fingerprint density at radius 3 is 2.48 bits per heavy atom. The summed E-state index contributed by atoms with van der Waals surface area (Å²) in [5.41, 5.74) is 1.39. The molecule has 0 atom stereocenters. The van der Waals surface area contributed by atoms with Gasteiger partial charge in [0.05, 0.1) is 16.8 Å². The molecule has 0 amide bonds. The van der Waals surface area contributed by atoms with Crippen molar-refractivity contribution in [2.75, 3.05) is 0 Å². The van der Waals surface area contributed by atoms with Gasteiger partial charge in [0.1, 0.15) is 5.65 Å². The van der Waals surface area contributed by atoms with Crippen molar-refractivity contribution in [2.45, 2.75) is 38.9 Å². The normalized spacial score (nSPS) is 17.6. The van der Waals surface area contributed by atoms with Crippen LogP contribution in [0.3, 0.4) is 0 Å². The first kappa shape index (κ1) is 19.8. The van der Waals surface area contributed by atoms with Gasteiger partial charge in [-0.1, -0.05) is 29.8 Å². The number of hydrogen-bond acceptors (Lipinski definition) is 5. The number of carbonyl (C=O) groups excluding carboxylic acids is 1. The second-order valence-electron chi connectivity index (χ2n) is 8.08. The van der Waals surface area contributed by atoms with Crippen LogP contribution in [0, 0.1) is 0 Å². The lowest BCUT2D eigenvalue weighted by Gasteiger charge is -2.32. The summed E-state index contributed by atoms with van der Waals surface area (Å²) in [6.07, 6.45) is 3.36. The molecule has 0 aliphatic carbocycles. The van der Waals surface area contributed by atoms with E-state index in [4.69, 9.17) is 20.9 Å². The molecule has 1 aromatic carbocycles. The van der Waals surface area contributed by atoms with E-state index in [0.717, 1.165) is 16.6 Å². The van der Waals surface area contributed by atoms with Crippen LogP contribution < -0.4 is 11.0 Å². The fourth-order valence-electron chi connectivity index (χ4n) is 3.26. The zero-order valence-corrected chi connectivity index (χ0v) is 17.4. The number of aldehydes is 1. The summed E-state index contributed by atoms with van der Waals surface area (Å²) in [5, 5.41) is 0.516. The summed E-state index contributed by atoms with van der Waals surface area (Å²) in [5.74, 6) is 0. The molecule has 0 spiro atoms. The highest BCUT2D eigenvalue weighted by Gasteiger charge is 2.52. The fraction of sp³-hybridized carbons (Fsp3) is 0.286. The van der Waals surface area contributed by atoms with Gasteiger partial charge in [0, 0.05) is 28.4 Å². The number of aromatic nitrogens is 2. The lowest BCUT2D eigenvalue weighted by molar-refractivity contribution is 0.00578. The van der Waals surface area contributed by atoms with E-state index in [-0.39, 0.29) is 5.56 Å². The first-order valence-electron chi connectivity index (χ1n) is 9.26. The van der Waals surface area contributed by atoms with Gasteiger partial charge in [-0.15, -0.1) is 0 Å². The van der Waals surface area contributed by atoms with Crippen molar-refractivity contribution in [1.82, 2.24) is 9.38 Å². The van der Waals surface area contributed by atoms with Gasteiger partial charge in [-0.3, -0.25) is 14.0 Å². The molecule has 0 N–H and O–H groups in total. The number of hydrogen-bond donors (Lipinski definition) is 0. The predicted octanol–water partition coefficient (Wildman–Crippen LogP) is 3.13. The third-order valence-corrected chi connectivity index (χ3v) is 6.13. The Morgan fingerprint density at radius 1 is 1.14 bits per heavy atom. The van der Waals surface area contributed by atoms with Gasteiger partial charge in [-0.05, 0) is 45.4 Å². The standard InChI is InChI=1S/C21H20BClN2O4/c1-20(2)21(3,4)29-22(28-20)16-7-5-6-15(18(16)23)13-8-9-25-17(10-13)24-11-14(12-26)19(25)27/h5-12H,1-4H3. The van der Waals surface area contributed by atoms with Gasteiger partial charge in [0.2, 0.25) is 0 Å². The molecular formula is C21H20BClN2O4. The average Bonchev–Trinajstić information content (AvgIpc) is 2.89. The highest BCUT2D eigenvalue weighted by atomic mass is 35.5. The van der Waals surface area contributed by atoms with Crippen LogP contribution in [0.25, 0.3) is 16.8 Å². The van der Waals surface area contributed by atoms with Crippen LogP contribution in [0.4, 0.5) is 0 Å². The second-order valence-corrected chi connectivity index (χ2v) is 8.46. The molecule has 1 aliphatic heterocycles. The molecule has 0 unspecified atom stereocenters. The first-order valence-corrected chi connectivity index (χ1v) is 9.63. The summed E-state index contributed by atoms with van der Waals surface area (Å²) < 4.78 is 13.6. The molecule has 3 heterocycles. The lowest BCUT2D eigenvalue weighted by atomic mass is 9.78. The molecule has 2 aromatic heterocycles. The first-order chi connectivity index (χ1) is 13.6. The van der Waals surface area contributed by atoms with Gasteiger partial charge < -0.3 is 9.31 Å². The van der Waals surface area contributed by atoms with E-state index >= 15 is 0 Å². The summed E-state index contributed by atoms with van der Waals surface area (Å²) in [6.45, 7) is 7.96. The Bertz CT molecular complexity index is 1170. The van der Waals surface area contributed by atoms with Crippen LogP contribution in [0.1, 0.15) is 38.1 Å². The molecule has 8 heteroatoms. The van der Waals surface area contributed by atoms with Gasteiger partial charge >= 0.3 is 7.12 Å². The van der Waals surface area contributed by atoms with Gasteiger partial charge in [-0.25, -0.2) is 4.98 Å². The maximum Gasteiger partial charge on any atom is 0.496 e. The molecule has 6 nitrogen and oxygen atoms in total. The van der Waals surface area contributed by atoms with E-state index in [1.54, 1.807) is 18.3 Å². The van der Waals surface area contributed by atoms with Gasteiger partial charge in [0.25, 0.3) is 5.56 Å². The summed E-state index contributed by atoms with van der Waals surface area (Å²) in [4.78, 5) is 27.4. The molecule has 1 aliphatic rings. The van der Waals surface area contributed by atoms with E-state index in [2.05, 4.69) is 4.98 Å². The zero-order valence-electron chi connectivity index (χ0n) is 16.6. The van der Waals surface area contributed by atoms with Crippen molar-refractivity contribution in [3.8, 4) is 11.1 Å². The van der Waals surface area contributed by atoms with Crippen LogP contribution in [-0.2, 0) is 9.31 Å². The Balaban J connectivity index is 1.78. The number of pyridine rings is 1. The molecule has 0 radical (unpaired) electrons. The van der Waals surface area contributed by atoms with Crippen molar-refractivity contribution in [3.05, 3.63) is 63.7 Å². The quantitative estimate of drug-likeness (QED) is 0.490. The van der Waals surface area contributed by atoms with Crippen molar-refractivity contribution in [2.24, 2.45) is 0 Å². The number of rotatable bonds is 3. The minimum Gasteiger partial charge on any atom is -0.399 e. The number of fused-ring (bicyclic) bond motifs is 1. The molecule has 1 fully saturated rings. The predicted molar refractivity (Wildman–Crippen MR) is 113 cm³/mol. The minimum absolute atomic E-state index is 0.0102. The molecular weight excluding hydrogens is 391 g/mol. The van der Waals surface area contributed by atoms with Crippen LogP contribution in [0.5, 0.6) is 0 Å². The SMILES string of the molecule is CC1(C)OB(c2cccc(-c3ccn4c(=O)c(C=O)cnc4c3)c2Cl)OC1(C)C. The largest absolute Gasteiger partial charge is 0.496 e. The van der Waals surface area contributed by atoms with Crippen LogP contribution in [0.2, 0.25) is 5.02 Å². The molecule has 0 bridgehead atoms. The summed E-state index contributed by atoms with van der Waals surface area (Å²) in [6, 6.07) is 9.18. The summed E-state index contributed by atoms with van der Waals surface area (Å²) >= 11 is 6.74. The van der Waals surface area contributed by atoms with Crippen LogP contribution >= 0.6 is 11.6 Å². The van der Waals surface area contributed by atoms with Crippen LogP contribution in [-0.4, -0.2) is 34.0 Å². The fourth-order valence-corrected chi connectivity index (χ4v) is 3.59. The monoisotopic (exact) mass is 410 g/mol. The van der Waals surface area contributed by atoms with Crippen molar-refractivity contribution >= 4 is 36.1 Å². The van der Waals surface area contributed by atoms with E-state index in [0.29, 0.717) is 17.0 Å². The smallest absolute Gasteiger partial charge is 0.399 e. The van der Waals surface area contributed by atoms with E-state index in [1.807, 2.05) is 45.9 Å². The van der Waals surface area contributed by atoms with Crippen LogP contribution in [0.15, 0.2) is 47.5 Å². The van der Waals surface area contributed by atoms with E-state index in [1.165, 1.54) is 10.6 Å². The zero-order chi connectivity index (χ0) is 21.0.